The summed E-state index contributed by atoms with van der Waals surface area (Å²) in [6, 6.07) is 20.8. The zero-order chi connectivity index (χ0) is 11.8. The lowest BCUT2D eigenvalue weighted by Gasteiger charge is -1.98. The van der Waals surface area contributed by atoms with Crippen molar-refractivity contribution >= 4 is 0 Å². The molecule has 0 unspecified atom stereocenters. The van der Waals surface area contributed by atoms with Crippen molar-refractivity contribution in [3.05, 3.63) is 60.7 Å². The second-order valence-corrected chi connectivity index (χ2v) is 3.83. The van der Waals surface area contributed by atoms with Crippen LogP contribution in [0.4, 0.5) is 0 Å². The second-order valence-electron chi connectivity index (χ2n) is 3.83. The molecule has 0 amide bonds. The smallest absolute Gasteiger partial charge is 0.0695 e. The van der Waals surface area contributed by atoms with E-state index in [9.17, 15) is 0 Å². The van der Waals surface area contributed by atoms with Crippen molar-refractivity contribution in [2.45, 2.75) is 6.42 Å². The molecule has 0 bridgehead atoms. The molecule has 2 aromatic carbocycles. The summed E-state index contributed by atoms with van der Waals surface area (Å²) in [5.41, 5.74) is 5.27. The molecule has 1 fully saturated rings. The standard InChI is InChI=1S/C12H10.C3H7NO/c1-3-7-11(8-4-1)12-9-5-2-6-10-12;1-2-4-5-3-1/h1-10H;4H,1-3H2. The van der Waals surface area contributed by atoms with Gasteiger partial charge in [-0.05, 0) is 17.5 Å². The largest absolute Gasteiger partial charge is 0.302 e. The van der Waals surface area contributed by atoms with Crippen molar-refractivity contribution in [2.24, 2.45) is 0 Å². The van der Waals surface area contributed by atoms with Crippen molar-refractivity contribution < 1.29 is 4.84 Å². The SMILES string of the molecule is C1CNOC1.c1ccc(-c2ccccc2)cc1. The van der Waals surface area contributed by atoms with Gasteiger partial charge in [-0.25, -0.2) is 5.48 Å². The molecular formula is C15H17NO. The molecule has 1 aliphatic heterocycles. The quantitative estimate of drug-likeness (QED) is 0.807. The first-order chi connectivity index (χ1) is 8.47. The average molecular weight is 227 g/mol. The van der Waals surface area contributed by atoms with Gasteiger partial charge < -0.3 is 4.84 Å². The fraction of sp³-hybridized carbons (Fsp3) is 0.200. The fourth-order valence-electron chi connectivity index (χ4n) is 1.62. The van der Waals surface area contributed by atoms with E-state index in [1.807, 2.05) is 12.1 Å². The molecule has 1 saturated heterocycles. The van der Waals surface area contributed by atoms with Crippen LogP contribution in [0.2, 0.25) is 0 Å². The molecule has 0 aliphatic carbocycles. The molecule has 2 nitrogen and oxygen atoms in total. The Bertz CT molecular complexity index is 364. The predicted octanol–water partition coefficient (Wildman–Crippen LogP) is 3.26. The summed E-state index contributed by atoms with van der Waals surface area (Å²) in [4.78, 5) is 4.69. The Morgan fingerprint density at radius 2 is 1.29 bits per heavy atom. The van der Waals surface area contributed by atoms with E-state index in [0.717, 1.165) is 13.2 Å². The Morgan fingerprint density at radius 3 is 1.59 bits per heavy atom. The number of nitrogens with one attached hydrogen (secondary N) is 1. The van der Waals surface area contributed by atoms with Gasteiger partial charge in [0.25, 0.3) is 0 Å². The number of benzene rings is 2. The molecular weight excluding hydrogens is 210 g/mol. The molecule has 88 valence electrons. The highest BCUT2D eigenvalue weighted by molar-refractivity contribution is 5.62. The highest BCUT2D eigenvalue weighted by Gasteiger charge is 1.93. The van der Waals surface area contributed by atoms with E-state index in [1.54, 1.807) is 0 Å². The van der Waals surface area contributed by atoms with Crippen LogP contribution in [-0.2, 0) is 4.84 Å². The normalized spacial score (nSPS) is 13.9. The molecule has 2 aromatic rings. The number of hydrogen-bond acceptors (Lipinski definition) is 2. The summed E-state index contributed by atoms with van der Waals surface area (Å²) >= 11 is 0. The van der Waals surface area contributed by atoms with Gasteiger partial charge >= 0.3 is 0 Å². The van der Waals surface area contributed by atoms with Crippen LogP contribution in [0.3, 0.4) is 0 Å². The minimum absolute atomic E-state index is 0.889. The van der Waals surface area contributed by atoms with E-state index < -0.39 is 0 Å². The van der Waals surface area contributed by atoms with Crippen LogP contribution in [-0.4, -0.2) is 13.2 Å². The molecule has 0 aromatic heterocycles. The maximum absolute atomic E-state index is 4.69. The molecule has 1 heterocycles. The summed E-state index contributed by atoms with van der Waals surface area (Å²) in [5, 5.41) is 0. The lowest BCUT2D eigenvalue weighted by Crippen LogP contribution is -2.01. The van der Waals surface area contributed by atoms with Gasteiger partial charge in [-0.2, -0.15) is 0 Å². The third-order valence-electron chi connectivity index (χ3n) is 2.51. The summed E-state index contributed by atoms with van der Waals surface area (Å²) < 4.78 is 0. The van der Waals surface area contributed by atoms with Crippen molar-refractivity contribution in [1.82, 2.24) is 5.48 Å². The van der Waals surface area contributed by atoms with Crippen LogP contribution in [0.1, 0.15) is 6.42 Å². The third kappa shape index (κ3) is 4.02. The van der Waals surface area contributed by atoms with Crippen LogP contribution < -0.4 is 5.48 Å². The van der Waals surface area contributed by atoms with Crippen LogP contribution >= 0.6 is 0 Å². The van der Waals surface area contributed by atoms with Crippen molar-refractivity contribution in [3.63, 3.8) is 0 Å². The van der Waals surface area contributed by atoms with Crippen molar-refractivity contribution in [1.29, 1.82) is 0 Å². The Balaban J connectivity index is 0.000000181. The summed E-state index contributed by atoms with van der Waals surface area (Å²) in [6.07, 6.45) is 1.17. The summed E-state index contributed by atoms with van der Waals surface area (Å²) in [7, 11) is 0. The lowest BCUT2D eigenvalue weighted by molar-refractivity contribution is 0.103. The first-order valence-electron chi connectivity index (χ1n) is 5.92. The zero-order valence-electron chi connectivity index (χ0n) is 9.80. The van der Waals surface area contributed by atoms with Crippen LogP contribution in [0, 0.1) is 0 Å². The molecule has 3 rings (SSSR count). The van der Waals surface area contributed by atoms with Crippen LogP contribution in [0.5, 0.6) is 0 Å². The molecule has 2 heteroatoms. The first kappa shape index (κ1) is 11.8. The minimum Gasteiger partial charge on any atom is -0.302 e. The van der Waals surface area contributed by atoms with Gasteiger partial charge in [0.15, 0.2) is 0 Å². The first-order valence-corrected chi connectivity index (χ1v) is 5.92. The maximum Gasteiger partial charge on any atom is 0.0695 e. The third-order valence-corrected chi connectivity index (χ3v) is 2.51. The minimum atomic E-state index is 0.889. The van der Waals surface area contributed by atoms with Gasteiger partial charge in [0.1, 0.15) is 0 Å². The molecule has 17 heavy (non-hydrogen) atoms. The summed E-state index contributed by atoms with van der Waals surface area (Å²) in [6.45, 7) is 1.92. The topological polar surface area (TPSA) is 21.3 Å². The molecule has 0 spiro atoms. The van der Waals surface area contributed by atoms with Gasteiger partial charge in [0, 0.05) is 6.54 Å². The van der Waals surface area contributed by atoms with Gasteiger partial charge in [-0.15, -0.1) is 0 Å². The Hall–Kier alpha value is -1.64. The zero-order valence-corrected chi connectivity index (χ0v) is 9.80. The average Bonchev–Trinajstić information content (AvgIpc) is 3.00. The lowest BCUT2D eigenvalue weighted by atomic mass is 10.1. The monoisotopic (exact) mass is 227 g/mol. The maximum atomic E-state index is 4.69. The molecule has 0 atom stereocenters. The number of rotatable bonds is 1. The number of hydrogen-bond donors (Lipinski definition) is 1. The van der Waals surface area contributed by atoms with Gasteiger partial charge in [0.2, 0.25) is 0 Å². The molecule has 0 saturated carbocycles. The highest BCUT2D eigenvalue weighted by Crippen LogP contribution is 2.17. The fourth-order valence-corrected chi connectivity index (χ4v) is 1.62. The molecule has 1 aliphatic rings. The van der Waals surface area contributed by atoms with E-state index in [4.69, 9.17) is 4.84 Å². The Labute approximate surface area is 102 Å². The van der Waals surface area contributed by atoms with E-state index in [0.29, 0.717) is 0 Å². The highest BCUT2D eigenvalue weighted by atomic mass is 16.6. The van der Waals surface area contributed by atoms with Gasteiger partial charge in [0.05, 0.1) is 6.61 Å². The van der Waals surface area contributed by atoms with E-state index in [-0.39, 0.29) is 0 Å². The second kappa shape index (κ2) is 6.84. The molecule has 0 radical (unpaired) electrons. The van der Waals surface area contributed by atoms with Crippen molar-refractivity contribution in [2.75, 3.05) is 13.2 Å². The van der Waals surface area contributed by atoms with E-state index in [2.05, 4.69) is 54.0 Å². The predicted molar refractivity (Wildman–Crippen MR) is 70.4 cm³/mol. The van der Waals surface area contributed by atoms with Crippen molar-refractivity contribution in [3.8, 4) is 11.1 Å². The van der Waals surface area contributed by atoms with Gasteiger partial charge in [-0.1, -0.05) is 60.7 Å². The van der Waals surface area contributed by atoms with Crippen LogP contribution in [0.15, 0.2) is 60.7 Å². The molecule has 1 N–H and O–H groups in total. The Morgan fingerprint density at radius 1 is 0.765 bits per heavy atom. The Kier molecular flexibility index (Phi) is 4.76. The summed E-state index contributed by atoms with van der Waals surface area (Å²) in [5.74, 6) is 0. The van der Waals surface area contributed by atoms with E-state index >= 15 is 0 Å². The van der Waals surface area contributed by atoms with E-state index in [1.165, 1.54) is 17.5 Å². The van der Waals surface area contributed by atoms with Gasteiger partial charge in [-0.3, -0.25) is 0 Å². The van der Waals surface area contributed by atoms with Crippen LogP contribution in [0.25, 0.3) is 11.1 Å². The number of hydroxylamine groups is 1.